The minimum absolute atomic E-state index is 0.121. The second-order valence-corrected chi connectivity index (χ2v) is 8.68. The van der Waals surface area contributed by atoms with E-state index in [1.54, 1.807) is 0 Å². The molecule has 0 spiro atoms. The van der Waals surface area contributed by atoms with Crippen molar-refractivity contribution in [3.05, 3.63) is 28.8 Å². The number of hydrogen-bond donors (Lipinski definition) is 1. The standard InChI is InChI=1S/C19H19F2N3O2S/c20-19(21)5-1-3-10-16(19)22-17(14-4-2-6-27-14)23-18(10)24-8-12-11(7-15(25)26)13(12)9-24/h2,4,6,11-13H,1,3,5,7-9H2,(H,25,26)/t11-,12-,13+. The van der Waals surface area contributed by atoms with Crippen molar-refractivity contribution in [2.75, 3.05) is 18.0 Å². The number of nitrogens with zero attached hydrogens (tertiary/aromatic N) is 3. The molecular formula is C19H19F2N3O2S. The number of rotatable bonds is 4. The number of carboxylic acid groups (broad SMARTS) is 1. The molecular weight excluding hydrogens is 372 g/mol. The highest BCUT2D eigenvalue weighted by Gasteiger charge is 2.57. The van der Waals surface area contributed by atoms with E-state index in [2.05, 4.69) is 9.88 Å². The molecule has 1 N–H and O–H groups in total. The number of thiophene rings is 1. The van der Waals surface area contributed by atoms with Crippen LogP contribution >= 0.6 is 11.3 Å². The zero-order valence-corrected chi connectivity index (χ0v) is 15.4. The third kappa shape index (κ3) is 2.81. The number of fused-ring (bicyclic) bond motifs is 2. The van der Waals surface area contributed by atoms with Crippen molar-refractivity contribution in [1.82, 2.24) is 9.97 Å². The molecule has 3 heterocycles. The first-order valence-electron chi connectivity index (χ1n) is 9.24. The predicted octanol–water partition coefficient (Wildman–Crippen LogP) is 3.79. The van der Waals surface area contributed by atoms with Crippen LogP contribution in [0.3, 0.4) is 0 Å². The first-order valence-corrected chi connectivity index (χ1v) is 10.1. The van der Waals surface area contributed by atoms with Gasteiger partial charge in [-0.1, -0.05) is 6.07 Å². The van der Waals surface area contributed by atoms with Gasteiger partial charge in [0.2, 0.25) is 0 Å². The zero-order valence-electron chi connectivity index (χ0n) is 14.6. The molecule has 1 saturated heterocycles. The zero-order chi connectivity index (χ0) is 18.8. The summed E-state index contributed by atoms with van der Waals surface area (Å²) >= 11 is 1.44. The first kappa shape index (κ1) is 17.0. The number of aromatic nitrogens is 2. The van der Waals surface area contributed by atoms with E-state index in [0.717, 1.165) is 4.88 Å². The molecule has 0 aromatic carbocycles. The van der Waals surface area contributed by atoms with E-state index >= 15 is 0 Å². The van der Waals surface area contributed by atoms with Crippen LogP contribution in [0.25, 0.3) is 10.7 Å². The summed E-state index contributed by atoms with van der Waals surface area (Å²) in [7, 11) is 0. The average molecular weight is 391 g/mol. The lowest BCUT2D eigenvalue weighted by atomic mass is 9.92. The molecule has 2 aromatic heterocycles. The van der Waals surface area contributed by atoms with Gasteiger partial charge in [-0.3, -0.25) is 4.79 Å². The number of alkyl halides is 2. The highest BCUT2D eigenvalue weighted by atomic mass is 32.1. The topological polar surface area (TPSA) is 66.3 Å². The molecule has 0 unspecified atom stereocenters. The molecule has 2 fully saturated rings. The van der Waals surface area contributed by atoms with Gasteiger partial charge in [0.25, 0.3) is 5.92 Å². The lowest BCUT2D eigenvalue weighted by Crippen LogP contribution is -2.31. The summed E-state index contributed by atoms with van der Waals surface area (Å²) in [6.45, 7) is 1.39. The molecule has 8 heteroatoms. The van der Waals surface area contributed by atoms with Gasteiger partial charge >= 0.3 is 5.97 Å². The van der Waals surface area contributed by atoms with E-state index in [9.17, 15) is 13.6 Å². The second kappa shape index (κ2) is 5.95. The molecule has 1 saturated carbocycles. The fourth-order valence-electron chi connectivity index (χ4n) is 4.71. The highest BCUT2D eigenvalue weighted by molar-refractivity contribution is 7.13. The summed E-state index contributed by atoms with van der Waals surface area (Å²) in [4.78, 5) is 22.8. The smallest absolute Gasteiger partial charge is 0.303 e. The Morgan fingerprint density at radius 1 is 1.33 bits per heavy atom. The monoisotopic (exact) mass is 391 g/mol. The Labute approximate surface area is 159 Å². The van der Waals surface area contributed by atoms with E-state index in [0.29, 0.717) is 55.0 Å². The molecule has 3 aliphatic rings. The van der Waals surface area contributed by atoms with Crippen molar-refractivity contribution >= 4 is 23.1 Å². The normalized spacial score (nSPS) is 27.9. The van der Waals surface area contributed by atoms with E-state index in [1.807, 2.05) is 17.5 Å². The Morgan fingerprint density at radius 3 is 2.78 bits per heavy atom. The first-order chi connectivity index (χ1) is 12.9. The van der Waals surface area contributed by atoms with E-state index in [-0.39, 0.29) is 24.5 Å². The summed E-state index contributed by atoms with van der Waals surface area (Å²) in [6.07, 6.45) is 1.02. The summed E-state index contributed by atoms with van der Waals surface area (Å²) in [5.41, 5.74) is 0.451. The van der Waals surface area contributed by atoms with Gasteiger partial charge in [0.1, 0.15) is 11.5 Å². The van der Waals surface area contributed by atoms with Crippen LogP contribution in [0.5, 0.6) is 0 Å². The number of carboxylic acids is 1. The lowest BCUT2D eigenvalue weighted by Gasteiger charge is -2.30. The number of hydrogen-bond acceptors (Lipinski definition) is 5. The van der Waals surface area contributed by atoms with Crippen molar-refractivity contribution in [2.24, 2.45) is 17.8 Å². The van der Waals surface area contributed by atoms with Crippen LogP contribution in [0, 0.1) is 17.8 Å². The molecule has 142 valence electrons. The number of halogens is 2. The SMILES string of the molecule is O=C(O)C[C@@H]1[C@H]2CN(c3nc(-c4cccs4)nc4c3CCCC4(F)F)C[C@@H]12. The molecule has 0 radical (unpaired) electrons. The molecule has 2 aromatic rings. The van der Waals surface area contributed by atoms with Crippen LogP contribution in [0.2, 0.25) is 0 Å². The molecule has 2 aliphatic carbocycles. The Hall–Kier alpha value is -2.09. The number of aliphatic carboxylic acids is 1. The maximum absolute atomic E-state index is 14.6. The van der Waals surface area contributed by atoms with Crippen molar-refractivity contribution in [3.8, 4) is 10.7 Å². The van der Waals surface area contributed by atoms with Gasteiger partial charge in [-0.2, -0.15) is 8.78 Å². The van der Waals surface area contributed by atoms with Crippen molar-refractivity contribution in [3.63, 3.8) is 0 Å². The minimum Gasteiger partial charge on any atom is -0.481 e. The summed E-state index contributed by atoms with van der Waals surface area (Å²) < 4.78 is 29.2. The van der Waals surface area contributed by atoms with Crippen LogP contribution in [0.4, 0.5) is 14.6 Å². The Balaban J connectivity index is 1.51. The van der Waals surface area contributed by atoms with Gasteiger partial charge in [0, 0.05) is 31.5 Å². The third-order valence-electron chi connectivity index (χ3n) is 6.07. The van der Waals surface area contributed by atoms with Gasteiger partial charge < -0.3 is 10.0 Å². The van der Waals surface area contributed by atoms with Gasteiger partial charge in [-0.25, -0.2) is 9.97 Å². The van der Waals surface area contributed by atoms with Gasteiger partial charge in [-0.15, -0.1) is 11.3 Å². The Kier molecular flexibility index (Phi) is 3.76. The van der Waals surface area contributed by atoms with Crippen LogP contribution in [-0.4, -0.2) is 34.1 Å². The number of carbonyl (C=O) groups is 1. The Morgan fingerprint density at radius 2 is 2.11 bits per heavy atom. The maximum Gasteiger partial charge on any atom is 0.303 e. The number of piperidine rings is 1. The molecule has 5 rings (SSSR count). The largest absolute Gasteiger partial charge is 0.481 e. The Bertz CT molecular complexity index is 891. The predicted molar refractivity (Wildman–Crippen MR) is 97.1 cm³/mol. The van der Waals surface area contributed by atoms with Crippen molar-refractivity contribution < 1.29 is 18.7 Å². The highest BCUT2D eigenvalue weighted by Crippen LogP contribution is 2.55. The van der Waals surface area contributed by atoms with Crippen LogP contribution in [0.15, 0.2) is 17.5 Å². The van der Waals surface area contributed by atoms with E-state index in [1.165, 1.54) is 11.3 Å². The van der Waals surface area contributed by atoms with Gasteiger partial charge in [-0.05, 0) is 42.0 Å². The molecule has 0 amide bonds. The van der Waals surface area contributed by atoms with Crippen molar-refractivity contribution in [1.29, 1.82) is 0 Å². The lowest BCUT2D eigenvalue weighted by molar-refractivity contribution is -0.137. The average Bonchev–Trinajstić information content (AvgIpc) is 3.06. The summed E-state index contributed by atoms with van der Waals surface area (Å²) in [5, 5.41) is 10.9. The quantitative estimate of drug-likeness (QED) is 0.859. The van der Waals surface area contributed by atoms with Crippen LogP contribution in [0.1, 0.15) is 30.5 Å². The third-order valence-corrected chi connectivity index (χ3v) is 6.94. The molecule has 5 nitrogen and oxygen atoms in total. The minimum atomic E-state index is -2.92. The number of anilines is 1. The molecule has 1 aliphatic heterocycles. The van der Waals surface area contributed by atoms with Crippen LogP contribution < -0.4 is 4.90 Å². The fourth-order valence-corrected chi connectivity index (χ4v) is 5.37. The van der Waals surface area contributed by atoms with E-state index < -0.39 is 11.9 Å². The van der Waals surface area contributed by atoms with Crippen LogP contribution in [-0.2, 0) is 17.1 Å². The molecule has 0 bridgehead atoms. The fraction of sp³-hybridized carbons (Fsp3) is 0.526. The second-order valence-electron chi connectivity index (χ2n) is 7.73. The van der Waals surface area contributed by atoms with Gasteiger partial charge in [0.15, 0.2) is 5.82 Å². The summed E-state index contributed by atoms with van der Waals surface area (Å²) in [5.74, 6) is -1.81. The molecule has 3 atom stereocenters. The molecule has 27 heavy (non-hydrogen) atoms. The van der Waals surface area contributed by atoms with E-state index in [4.69, 9.17) is 10.1 Å². The van der Waals surface area contributed by atoms with Gasteiger partial charge in [0.05, 0.1) is 4.88 Å². The maximum atomic E-state index is 14.6. The van der Waals surface area contributed by atoms with Crippen molar-refractivity contribution in [2.45, 2.75) is 31.6 Å². The summed E-state index contributed by atoms with van der Waals surface area (Å²) in [6, 6.07) is 3.71.